The summed E-state index contributed by atoms with van der Waals surface area (Å²) in [5, 5.41) is 1.60. The van der Waals surface area contributed by atoms with Crippen molar-refractivity contribution in [1.29, 1.82) is 0 Å². The molecular weight excluding hydrogens is 299 g/mol. The molecule has 0 aliphatic heterocycles. The zero-order valence-corrected chi connectivity index (χ0v) is 13.2. The van der Waals surface area contributed by atoms with E-state index in [4.69, 9.17) is 11.6 Å². The molecule has 0 bridgehead atoms. The van der Waals surface area contributed by atoms with Crippen molar-refractivity contribution in [1.82, 2.24) is 9.97 Å². The lowest BCUT2D eigenvalue weighted by Crippen LogP contribution is -1.92. The summed E-state index contributed by atoms with van der Waals surface area (Å²) >= 11 is 6.36. The third kappa shape index (κ3) is 2.53. The number of aromatic amines is 1. The normalized spacial score (nSPS) is 11.3. The molecule has 2 aromatic heterocycles. The third-order valence-corrected chi connectivity index (χ3v) is 4.04. The number of rotatable bonds is 3. The van der Waals surface area contributed by atoms with Gasteiger partial charge in [0.05, 0.1) is 10.7 Å². The summed E-state index contributed by atoms with van der Waals surface area (Å²) in [7, 11) is 0. The molecule has 4 heteroatoms. The molecule has 0 aliphatic carbocycles. The van der Waals surface area contributed by atoms with Crippen LogP contribution in [0.4, 0.5) is 4.39 Å². The van der Waals surface area contributed by atoms with Gasteiger partial charge in [-0.1, -0.05) is 38.1 Å². The lowest BCUT2D eigenvalue weighted by molar-refractivity contribution is 0.582. The summed E-state index contributed by atoms with van der Waals surface area (Å²) in [5.74, 6) is -0.143. The van der Waals surface area contributed by atoms with Crippen LogP contribution in [0.1, 0.15) is 31.0 Å². The van der Waals surface area contributed by atoms with E-state index in [0.29, 0.717) is 27.8 Å². The van der Waals surface area contributed by atoms with Crippen molar-refractivity contribution in [3.05, 3.63) is 59.1 Å². The Balaban J connectivity index is 2.15. The van der Waals surface area contributed by atoms with Crippen LogP contribution < -0.4 is 0 Å². The number of hydrogen-bond donors (Lipinski definition) is 1. The van der Waals surface area contributed by atoms with Gasteiger partial charge in [0.25, 0.3) is 0 Å². The molecular formula is C18H16ClFN2. The van der Waals surface area contributed by atoms with Gasteiger partial charge in [-0.05, 0) is 36.2 Å². The summed E-state index contributed by atoms with van der Waals surface area (Å²) in [5.41, 5.74) is 3.71. The molecule has 2 heterocycles. The van der Waals surface area contributed by atoms with Gasteiger partial charge in [0.1, 0.15) is 0 Å². The van der Waals surface area contributed by atoms with Gasteiger partial charge in [0.15, 0.2) is 0 Å². The fourth-order valence-electron chi connectivity index (χ4n) is 2.43. The van der Waals surface area contributed by atoms with Crippen LogP contribution in [-0.4, -0.2) is 9.97 Å². The quantitative estimate of drug-likeness (QED) is 0.609. The number of H-pyrrole nitrogens is 1. The second kappa shape index (κ2) is 5.58. The Kier molecular flexibility index (Phi) is 3.75. The minimum atomic E-state index is -0.544. The fraction of sp³-hybridized carbons (Fsp3) is 0.167. The molecule has 3 aromatic rings. The third-order valence-electron chi connectivity index (χ3n) is 3.72. The Labute approximate surface area is 133 Å². The maximum atomic E-state index is 13.9. The van der Waals surface area contributed by atoms with Gasteiger partial charge in [-0.25, -0.2) is 4.98 Å². The molecule has 1 N–H and O–H groups in total. The maximum Gasteiger partial charge on any atom is 0.220 e. The van der Waals surface area contributed by atoms with Gasteiger partial charge < -0.3 is 4.98 Å². The number of benzene rings is 1. The van der Waals surface area contributed by atoms with E-state index in [1.807, 2.05) is 12.1 Å². The van der Waals surface area contributed by atoms with E-state index >= 15 is 0 Å². The number of pyridine rings is 1. The minimum Gasteiger partial charge on any atom is -0.358 e. The summed E-state index contributed by atoms with van der Waals surface area (Å²) in [4.78, 5) is 7.36. The smallest absolute Gasteiger partial charge is 0.220 e. The number of halogens is 2. The zero-order chi connectivity index (χ0) is 15.9. The predicted molar refractivity (Wildman–Crippen MR) is 90.7 cm³/mol. The Morgan fingerprint density at radius 2 is 2.05 bits per heavy atom. The topological polar surface area (TPSA) is 28.7 Å². The van der Waals surface area contributed by atoms with Gasteiger partial charge >= 0.3 is 0 Å². The van der Waals surface area contributed by atoms with E-state index in [0.717, 1.165) is 16.6 Å². The van der Waals surface area contributed by atoms with Gasteiger partial charge in [0.2, 0.25) is 5.95 Å². The van der Waals surface area contributed by atoms with E-state index in [-0.39, 0.29) is 0 Å². The maximum absolute atomic E-state index is 13.9. The first-order chi connectivity index (χ1) is 10.5. The van der Waals surface area contributed by atoms with Crippen molar-refractivity contribution >= 4 is 28.6 Å². The van der Waals surface area contributed by atoms with Gasteiger partial charge in [-0.3, -0.25) is 0 Å². The van der Waals surface area contributed by atoms with Crippen LogP contribution in [-0.2, 0) is 0 Å². The highest BCUT2D eigenvalue weighted by Crippen LogP contribution is 2.33. The van der Waals surface area contributed by atoms with E-state index in [1.165, 1.54) is 6.08 Å². The van der Waals surface area contributed by atoms with Crippen LogP contribution in [0.25, 0.3) is 28.2 Å². The van der Waals surface area contributed by atoms with E-state index in [2.05, 4.69) is 36.5 Å². The molecule has 112 valence electrons. The molecule has 0 amide bonds. The SMILES string of the molecule is C=Cc1ccc(-c2cc3[nH]c(C(C)C)cc3cc2Cl)nc1F. The molecule has 0 unspecified atom stereocenters. The molecule has 0 fully saturated rings. The number of nitrogens with zero attached hydrogens (tertiary/aromatic N) is 1. The van der Waals surface area contributed by atoms with E-state index in [1.54, 1.807) is 12.1 Å². The molecule has 0 saturated carbocycles. The average molecular weight is 315 g/mol. The van der Waals surface area contributed by atoms with Crippen molar-refractivity contribution in [2.24, 2.45) is 0 Å². The highest BCUT2D eigenvalue weighted by molar-refractivity contribution is 6.34. The Morgan fingerprint density at radius 1 is 1.27 bits per heavy atom. The molecule has 2 nitrogen and oxygen atoms in total. The van der Waals surface area contributed by atoms with Crippen LogP contribution in [0.2, 0.25) is 5.02 Å². The largest absolute Gasteiger partial charge is 0.358 e. The number of nitrogens with one attached hydrogen (secondary N) is 1. The minimum absolute atomic E-state index is 0.378. The van der Waals surface area contributed by atoms with Crippen molar-refractivity contribution in [2.45, 2.75) is 19.8 Å². The monoisotopic (exact) mass is 314 g/mol. The first kappa shape index (κ1) is 14.8. The molecule has 0 spiro atoms. The number of hydrogen-bond acceptors (Lipinski definition) is 1. The number of fused-ring (bicyclic) bond motifs is 1. The van der Waals surface area contributed by atoms with Crippen molar-refractivity contribution < 1.29 is 4.39 Å². The Morgan fingerprint density at radius 3 is 2.68 bits per heavy atom. The molecule has 0 radical (unpaired) electrons. The van der Waals surface area contributed by atoms with Crippen molar-refractivity contribution in [3.8, 4) is 11.3 Å². The molecule has 22 heavy (non-hydrogen) atoms. The van der Waals surface area contributed by atoms with E-state index < -0.39 is 5.95 Å². The van der Waals surface area contributed by atoms with Crippen LogP contribution in [0.5, 0.6) is 0 Å². The van der Waals surface area contributed by atoms with Crippen molar-refractivity contribution in [2.75, 3.05) is 0 Å². The molecule has 1 aromatic carbocycles. The van der Waals surface area contributed by atoms with Crippen molar-refractivity contribution in [3.63, 3.8) is 0 Å². The molecule has 0 atom stereocenters. The lowest BCUT2D eigenvalue weighted by Gasteiger charge is -2.06. The molecule has 0 aliphatic rings. The summed E-state index contributed by atoms with van der Waals surface area (Å²) < 4.78 is 13.9. The first-order valence-electron chi connectivity index (χ1n) is 7.11. The van der Waals surface area contributed by atoms with Gasteiger partial charge in [-0.15, -0.1) is 0 Å². The lowest BCUT2D eigenvalue weighted by atomic mass is 10.1. The zero-order valence-electron chi connectivity index (χ0n) is 12.5. The highest BCUT2D eigenvalue weighted by Gasteiger charge is 2.12. The summed E-state index contributed by atoms with van der Waals surface area (Å²) in [6.07, 6.45) is 1.44. The average Bonchev–Trinajstić information content (AvgIpc) is 2.89. The fourth-order valence-corrected chi connectivity index (χ4v) is 2.70. The van der Waals surface area contributed by atoms with E-state index in [9.17, 15) is 4.39 Å². The Hall–Kier alpha value is -2.13. The van der Waals surface area contributed by atoms with Crippen LogP contribution in [0, 0.1) is 5.95 Å². The van der Waals surface area contributed by atoms with Crippen LogP contribution >= 0.6 is 11.6 Å². The summed E-state index contributed by atoms with van der Waals surface area (Å²) in [6, 6.07) is 9.29. The molecule has 0 saturated heterocycles. The van der Waals surface area contributed by atoms with Gasteiger partial charge in [-0.2, -0.15) is 4.39 Å². The first-order valence-corrected chi connectivity index (χ1v) is 7.49. The molecule has 3 rings (SSSR count). The number of aromatic nitrogens is 2. The summed E-state index contributed by atoms with van der Waals surface area (Å²) in [6.45, 7) is 7.81. The van der Waals surface area contributed by atoms with Crippen LogP contribution in [0.3, 0.4) is 0 Å². The highest BCUT2D eigenvalue weighted by atomic mass is 35.5. The van der Waals surface area contributed by atoms with Crippen LogP contribution in [0.15, 0.2) is 36.9 Å². The Bertz CT molecular complexity index is 865. The second-order valence-electron chi connectivity index (χ2n) is 5.58. The standard InChI is InChI=1S/C18H16ClFN2/c1-4-11-5-6-15(22-18(11)20)13-9-17-12(7-14(13)19)8-16(21-17)10(2)3/h4-10,21H,1H2,2-3H3. The van der Waals surface area contributed by atoms with Gasteiger partial charge in [0, 0.05) is 27.7 Å². The predicted octanol–water partition coefficient (Wildman–Crippen LogP) is 5.79. The second-order valence-corrected chi connectivity index (χ2v) is 5.99.